The molecule has 3 rings (SSSR count). The molecule has 0 radical (unpaired) electrons. The number of nitrogens with zero attached hydrogens (tertiary/aromatic N) is 2. The maximum absolute atomic E-state index is 6.90. The molecule has 0 saturated carbocycles. The molecule has 0 heterocycles. The molecule has 0 aliphatic carbocycles. The maximum atomic E-state index is 6.90. The molecule has 3 aromatic rings. The molecule has 0 bridgehead atoms. The SMILES string of the molecule is C=C(Cc1c(C(=C)N=C(N=C(C)c2ccc(CCCCCCC)c(C)c2CCCC(C)(C)C)c2ccc(OCCCCCC)c(C)c2OC(=C)SC(C)(C)C)ccc(CCCCCCC)c1C)OC(C)(C)C. The van der Waals surface area contributed by atoms with Crippen LogP contribution in [0.4, 0.5) is 0 Å². The number of benzene rings is 3. The highest BCUT2D eigenvalue weighted by Gasteiger charge is 2.24. The highest BCUT2D eigenvalue weighted by Crippen LogP contribution is 2.39. The molecule has 0 fully saturated rings. The summed E-state index contributed by atoms with van der Waals surface area (Å²) < 4.78 is 19.7. The van der Waals surface area contributed by atoms with Gasteiger partial charge in [0.1, 0.15) is 17.1 Å². The lowest BCUT2D eigenvalue weighted by molar-refractivity contribution is 0.0500. The quantitative estimate of drug-likeness (QED) is 0.0279. The molecule has 0 aliphatic rings. The first-order chi connectivity index (χ1) is 33.9. The van der Waals surface area contributed by atoms with Gasteiger partial charge >= 0.3 is 0 Å². The van der Waals surface area contributed by atoms with E-state index in [9.17, 15) is 0 Å². The van der Waals surface area contributed by atoms with Crippen LogP contribution in [0.5, 0.6) is 11.5 Å². The van der Waals surface area contributed by atoms with Gasteiger partial charge in [-0.2, -0.15) is 0 Å². The highest BCUT2D eigenvalue weighted by atomic mass is 32.2. The molecule has 5 nitrogen and oxygen atoms in total. The minimum Gasteiger partial charge on any atom is -0.493 e. The number of hydrogen-bond donors (Lipinski definition) is 0. The van der Waals surface area contributed by atoms with Gasteiger partial charge in [-0.05, 0) is 163 Å². The fraction of sp³-hybridized carbons (Fsp3) is 0.606. The molecule has 400 valence electrons. The maximum Gasteiger partial charge on any atom is 0.163 e. The third-order valence-corrected chi connectivity index (χ3v) is 14.3. The Morgan fingerprint density at radius 2 is 1.10 bits per heavy atom. The first kappa shape index (κ1) is 62.3. The molecule has 0 spiro atoms. The van der Waals surface area contributed by atoms with Crippen molar-refractivity contribution < 1.29 is 14.2 Å². The van der Waals surface area contributed by atoms with Gasteiger partial charge in [0.05, 0.1) is 23.6 Å². The van der Waals surface area contributed by atoms with Crippen LogP contribution in [0.3, 0.4) is 0 Å². The van der Waals surface area contributed by atoms with Crippen LogP contribution in [0.2, 0.25) is 0 Å². The summed E-state index contributed by atoms with van der Waals surface area (Å²) in [7, 11) is 0. The number of amidine groups is 1. The van der Waals surface area contributed by atoms with Crippen molar-refractivity contribution in [1.82, 2.24) is 0 Å². The minimum atomic E-state index is -0.373. The van der Waals surface area contributed by atoms with E-state index in [0.717, 1.165) is 90.8 Å². The first-order valence-corrected chi connectivity index (χ1v) is 29.0. The number of ether oxygens (including phenoxy) is 3. The molecule has 0 aliphatic heterocycles. The van der Waals surface area contributed by atoms with Gasteiger partial charge in [0.15, 0.2) is 10.9 Å². The Labute approximate surface area is 446 Å². The number of rotatable bonds is 31. The second-order valence-electron chi connectivity index (χ2n) is 23.7. The van der Waals surface area contributed by atoms with Gasteiger partial charge in [0, 0.05) is 28.0 Å². The summed E-state index contributed by atoms with van der Waals surface area (Å²) in [6.45, 7) is 49.7. The van der Waals surface area contributed by atoms with E-state index in [-0.39, 0.29) is 15.8 Å². The molecular weight excluding hydrogens is 901 g/mol. The fourth-order valence-corrected chi connectivity index (χ4v) is 10.3. The van der Waals surface area contributed by atoms with E-state index < -0.39 is 0 Å². The monoisotopic (exact) mass is 1000 g/mol. The predicted molar refractivity (Wildman–Crippen MR) is 319 cm³/mol. The Morgan fingerprint density at radius 3 is 1.64 bits per heavy atom. The first-order valence-electron chi connectivity index (χ1n) is 28.1. The van der Waals surface area contributed by atoms with E-state index in [1.54, 1.807) is 11.8 Å². The minimum absolute atomic E-state index is 0.113. The smallest absolute Gasteiger partial charge is 0.163 e. The second-order valence-corrected chi connectivity index (χ2v) is 25.6. The van der Waals surface area contributed by atoms with E-state index in [0.29, 0.717) is 35.4 Å². The number of hydrogen-bond acceptors (Lipinski definition) is 5. The Morgan fingerprint density at radius 1 is 0.569 bits per heavy atom. The van der Waals surface area contributed by atoms with Crippen LogP contribution in [0.1, 0.15) is 248 Å². The number of unbranched alkanes of at least 4 members (excludes halogenated alkanes) is 11. The van der Waals surface area contributed by atoms with Crippen LogP contribution in [-0.2, 0) is 30.4 Å². The lowest BCUT2D eigenvalue weighted by Crippen LogP contribution is -2.19. The van der Waals surface area contributed by atoms with Gasteiger partial charge < -0.3 is 14.2 Å². The van der Waals surface area contributed by atoms with Gasteiger partial charge in [-0.3, -0.25) is 0 Å². The molecule has 0 saturated heterocycles. The molecule has 0 amide bonds. The third kappa shape index (κ3) is 21.8. The van der Waals surface area contributed by atoms with Crippen LogP contribution >= 0.6 is 11.8 Å². The van der Waals surface area contributed by atoms with Crippen molar-refractivity contribution in [2.45, 2.75) is 250 Å². The van der Waals surface area contributed by atoms with E-state index in [1.165, 1.54) is 104 Å². The van der Waals surface area contributed by atoms with Crippen LogP contribution < -0.4 is 9.47 Å². The van der Waals surface area contributed by atoms with Crippen LogP contribution in [0, 0.1) is 26.2 Å². The second kappa shape index (κ2) is 30.4. The summed E-state index contributed by atoms with van der Waals surface area (Å²) >= 11 is 1.61. The Balaban J connectivity index is 2.42. The van der Waals surface area contributed by atoms with Crippen LogP contribution in [0.15, 0.2) is 77.0 Å². The zero-order chi connectivity index (χ0) is 53.6. The van der Waals surface area contributed by atoms with Gasteiger partial charge in [-0.15, -0.1) is 0 Å². The van der Waals surface area contributed by atoms with Crippen molar-refractivity contribution in [2.75, 3.05) is 6.61 Å². The third-order valence-electron chi connectivity index (χ3n) is 13.4. The molecule has 6 heteroatoms. The number of allylic oxidation sites excluding steroid dienone is 1. The fourth-order valence-electron chi connectivity index (χ4n) is 9.49. The molecule has 0 aromatic heterocycles. The van der Waals surface area contributed by atoms with Crippen molar-refractivity contribution in [3.8, 4) is 11.5 Å². The predicted octanol–water partition coefficient (Wildman–Crippen LogP) is 20.1. The molecular formula is C66H102N2O3S. The van der Waals surface area contributed by atoms with Crippen molar-refractivity contribution in [1.29, 1.82) is 0 Å². The van der Waals surface area contributed by atoms with Crippen LogP contribution in [0.25, 0.3) is 5.70 Å². The summed E-state index contributed by atoms with van der Waals surface area (Å²) in [5.74, 6) is 2.70. The summed E-state index contributed by atoms with van der Waals surface area (Å²) in [5, 5.41) is 0.605. The summed E-state index contributed by atoms with van der Waals surface area (Å²) in [6.07, 6.45) is 22.9. The summed E-state index contributed by atoms with van der Waals surface area (Å²) in [6, 6.07) is 13.3. The number of thioether (sulfide) groups is 1. The van der Waals surface area contributed by atoms with E-state index >= 15 is 0 Å². The Hall–Kier alpha value is -4.03. The Bertz CT molecular complexity index is 2270. The van der Waals surface area contributed by atoms with Gasteiger partial charge in [0.25, 0.3) is 0 Å². The van der Waals surface area contributed by atoms with E-state index in [2.05, 4.69) is 160 Å². The molecule has 3 aromatic carbocycles. The number of aliphatic imine (C=N–C) groups is 2. The molecule has 0 atom stereocenters. The zero-order valence-corrected chi connectivity index (χ0v) is 49.8. The average Bonchev–Trinajstić information content (AvgIpc) is 3.27. The lowest BCUT2D eigenvalue weighted by atomic mass is 9.85. The summed E-state index contributed by atoms with van der Waals surface area (Å²) in [5.41, 5.74) is 13.2. The van der Waals surface area contributed by atoms with E-state index in [4.69, 9.17) is 30.8 Å². The topological polar surface area (TPSA) is 52.4 Å². The van der Waals surface area contributed by atoms with Gasteiger partial charge in [-0.25, -0.2) is 9.98 Å². The van der Waals surface area contributed by atoms with Crippen molar-refractivity contribution in [3.05, 3.63) is 123 Å². The highest BCUT2D eigenvalue weighted by molar-refractivity contribution is 8.04. The Kier molecular flexibility index (Phi) is 26.3. The van der Waals surface area contributed by atoms with Crippen LogP contribution in [-0.4, -0.2) is 28.5 Å². The average molecular weight is 1000 g/mol. The lowest BCUT2D eigenvalue weighted by Gasteiger charge is -2.25. The standard InChI is InChI=1S/C66H102N2O3S/c1-20-23-26-29-31-35-54-38-40-57(56(48(54)5)37-34-44-64(11,12)13)51(8)67-63(59-42-43-61(69-45-33-28-25-22-3)50(7)62(59)70-53(10)72-66(17,18)19)68-52(9)58-41-39-55(36-32-30-27-24-21-2)49(6)60(58)46-47(4)71-65(14,15)16/h38-43H,4,9-10,20-37,44-46H2,1-3,5-8,11-19H3. The largest absolute Gasteiger partial charge is 0.493 e. The number of aryl methyl sites for hydroxylation is 2. The molecule has 0 unspecified atom stereocenters. The normalized spacial score (nSPS) is 12.6. The van der Waals surface area contributed by atoms with Gasteiger partial charge in [0.2, 0.25) is 0 Å². The van der Waals surface area contributed by atoms with Crippen molar-refractivity contribution in [3.63, 3.8) is 0 Å². The van der Waals surface area contributed by atoms with Crippen molar-refractivity contribution in [2.24, 2.45) is 15.4 Å². The van der Waals surface area contributed by atoms with E-state index in [1.807, 2.05) is 0 Å². The molecule has 0 N–H and O–H groups in total. The van der Waals surface area contributed by atoms with Crippen molar-refractivity contribution >= 4 is 29.0 Å². The van der Waals surface area contributed by atoms with Gasteiger partial charge in [-0.1, -0.05) is 182 Å². The summed E-state index contributed by atoms with van der Waals surface area (Å²) in [4.78, 5) is 11.2. The zero-order valence-electron chi connectivity index (χ0n) is 49.0. The molecule has 72 heavy (non-hydrogen) atoms.